The molecule has 0 aliphatic heterocycles. The molecule has 2 nitrogen and oxygen atoms in total. The number of rotatable bonds is 3. The Kier molecular flexibility index (Phi) is 4.71. The number of nitriles is 1. The smallest absolute Gasteiger partial charge is 0.141 e. The van der Waals surface area contributed by atoms with Crippen LogP contribution < -0.4 is 5.32 Å². The van der Waals surface area contributed by atoms with Crippen LogP contribution in [0.15, 0.2) is 46.9 Å². The fraction of sp³-hybridized carbons (Fsp3) is 0.0714. The van der Waals surface area contributed by atoms with Gasteiger partial charge in [-0.25, -0.2) is 0 Å². The van der Waals surface area contributed by atoms with Crippen LogP contribution in [0.4, 0.5) is 5.69 Å². The van der Waals surface area contributed by atoms with Crippen molar-refractivity contribution in [3.8, 4) is 6.07 Å². The van der Waals surface area contributed by atoms with Crippen molar-refractivity contribution in [2.24, 2.45) is 0 Å². The quantitative estimate of drug-likeness (QED) is 0.796. The summed E-state index contributed by atoms with van der Waals surface area (Å²) in [6.07, 6.45) is 0. The zero-order valence-electron chi connectivity index (χ0n) is 9.70. The van der Waals surface area contributed by atoms with Gasteiger partial charge >= 0.3 is 0 Å². The lowest BCUT2D eigenvalue weighted by Gasteiger charge is -2.16. The molecule has 2 aromatic carbocycles. The van der Waals surface area contributed by atoms with E-state index in [-0.39, 0.29) is 0 Å². The summed E-state index contributed by atoms with van der Waals surface area (Å²) in [5.74, 6) is 0. The van der Waals surface area contributed by atoms with Gasteiger partial charge in [0, 0.05) is 15.1 Å². The van der Waals surface area contributed by atoms with Crippen LogP contribution >= 0.6 is 39.1 Å². The number of nitrogens with zero attached hydrogens (tertiary/aromatic N) is 1. The predicted octanol–water partition coefficient (Wildman–Crippen LogP) is 5.43. The Bertz CT molecular complexity index is 638. The van der Waals surface area contributed by atoms with E-state index in [1.165, 1.54) is 0 Å². The first-order valence-corrected chi connectivity index (χ1v) is 7.02. The van der Waals surface area contributed by atoms with Crippen LogP contribution in [0.3, 0.4) is 0 Å². The molecule has 2 aromatic rings. The standard InChI is InChI=1S/C14H9BrCl2N2/c15-11-7-9(16)5-6-10(11)14(8-18)19-13-4-2-1-3-12(13)17/h1-7,14,19H. The molecule has 5 heteroatoms. The molecule has 1 N–H and O–H groups in total. The van der Waals surface area contributed by atoms with Crippen molar-refractivity contribution in [1.29, 1.82) is 5.26 Å². The van der Waals surface area contributed by atoms with Gasteiger partial charge in [0.15, 0.2) is 0 Å². The summed E-state index contributed by atoms with van der Waals surface area (Å²) in [5, 5.41) is 13.6. The zero-order chi connectivity index (χ0) is 13.8. The third-order valence-electron chi connectivity index (χ3n) is 2.58. The van der Waals surface area contributed by atoms with Gasteiger partial charge in [-0.05, 0) is 24.3 Å². The van der Waals surface area contributed by atoms with Crippen LogP contribution in [0.1, 0.15) is 11.6 Å². The second-order valence-electron chi connectivity index (χ2n) is 3.85. The summed E-state index contributed by atoms with van der Waals surface area (Å²) < 4.78 is 0.783. The van der Waals surface area contributed by atoms with E-state index in [1.807, 2.05) is 24.3 Å². The van der Waals surface area contributed by atoms with Gasteiger partial charge in [0.2, 0.25) is 0 Å². The highest BCUT2D eigenvalue weighted by atomic mass is 79.9. The average molecular weight is 356 g/mol. The van der Waals surface area contributed by atoms with Crippen molar-refractivity contribution in [2.45, 2.75) is 6.04 Å². The van der Waals surface area contributed by atoms with Crippen LogP contribution in [0.2, 0.25) is 10.0 Å². The van der Waals surface area contributed by atoms with Crippen molar-refractivity contribution in [1.82, 2.24) is 0 Å². The van der Waals surface area contributed by atoms with Gasteiger partial charge in [0.25, 0.3) is 0 Å². The highest BCUT2D eigenvalue weighted by Crippen LogP contribution is 2.30. The molecule has 0 fully saturated rings. The maximum Gasteiger partial charge on any atom is 0.141 e. The zero-order valence-corrected chi connectivity index (χ0v) is 12.8. The molecule has 96 valence electrons. The van der Waals surface area contributed by atoms with Gasteiger partial charge in [0.1, 0.15) is 6.04 Å². The predicted molar refractivity (Wildman–Crippen MR) is 82.6 cm³/mol. The van der Waals surface area contributed by atoms with Crippen LogP contribution in [0, 0.1) is 11.3 Å². The molecule has 1 atom stereocenters. The summed E-state index contributed by atoms with van der Waals surface area (Å²) in [5.41, 5.74) is 1.53. The highest BCUT2D eigenvalue weighted by molar-refractivity contribution is 9.10. The minimum atomic E-state index is -0.508. The van der Waals surface area contributed by atoms with Crippen molar-refractivity contribution in [3.63, 3.8) is 0 Å². The van der Waals surface area contributed by atoms with Crippen LogP contribution in [0.25, 0.3) is 0 Å². The third-order valence-corrected chi connectivity index (χ3v) is 3.83. The topological polar surface area (TPSA) is 35.8 Å². The fourth-order valence-electron chi connectivity index (χ4n) is 1.65. The van der Waals surface area contributed by atoms with E-state index in [1.54, 1.807) is 18.2 Å². The van der Waals surface area contributed by atoms with Crippen LogP contribution in [0.5, 0.6) is 0 Å². The summed E-state index contributed by atoms with van der Waals surface area (Å²) in [4.78, 5) is 0. The minimum Gasteiger partial charge on any atom is -0.365 e. The Hall–Kier alpha value is -1.21. The van der Waals surface area contributed by atoms with E-state index < -0.39 is 6.04 Å². The Balaban J connectivity index is 2.31. The molecule has 1 unspecified atom stereocenters. The van der Waals surface area contributed by atoms with Gasteiger partial charge in [-0.1, -0.05) is 57.3 Å². The molecule has 0 aromatic heterocycles. The second-order valence-corrected chi connectivity index (χ2v) is 5.55. The number of anilines is 1. The van der Waals surface area contributed by atoms with Crippen LogP contribution in [-0.2, 0) is 0 Å². The molecule has 0 bridgehead atoms. The summed E-state index contributed by atoms with van der Waals surface area (Å²) in [6.45, 7) is 0. The van der Waals surface area contributed by atoms with E-state index in [0.717, 1.165) is 15.7 Å². The average Bonchev–Trinajstić information content (AvgIpc) is 2.39. The molecule has 0 amide bonds. The Morgan fingerprint density at radius 2 is 1.89 bits per heavy atom. The third kappa shape index (κ3) is 3.42. The molecule has 0 saturated carbocycles. The number of hydrogen-bond acceptors (Lipinski definition) is 2. The first-order valence-electron chi connectivity index (χ1n) is 5.47. The number of hydrogen-bond donors (Lipinski definition) is 1. The SMILES string of the molecule is N#CC(Nc1ccccc1Cl)c1ccc(Cl)cc1Br. The van der Waals surface area contributed by atoms with Gasteiger partial charge in [0.05, 0.1) is 16.8 Å². The van der Waals surface area contributed by atoms with Gasteiger partial charge in [-0.2, -0.15) is 5.26 Å². The normalized spacial score (nSPS) is 11.7. The maximum absolute atomic E-state index is 9.32. The highest BCUT2D eigenvalue weighted by Gasteiger charge is 2.15. The molecule has 0 radical (unpaired) electrons. The first-order chi connectivity index (χ1) is 9.11. The largest absolute Gasteiger partial charge is 0.365 e. The van der Waals surface area contributed by atoms with Crippen molar-refractivity contribution in [2.75, 3.05) is 5.32 Å². The van der Waals surface area contributed by atoms with Crippen molar-refractivity contribution < 1.29 is 0 Å². The maximum atomic E-state index is 9.32. The van der Waals surface area contributed by atoms with E-state index in [2.05, 4.69) is 27.3 Å². The molecule has 2 rings (SSSR count). The Morgan fingerprint density at radius 1 is 1.16 bits per heavy atom. The van der Waals surface area contributed by atoms with E-state index in [0.29, 0.717) is 10.0 Å². The lowest BCUT2D eigenvalue weighted by molar-refractivity contribution is 0.990. The van der Waals surface area contributed by atoms with Gasteiger partial charge < -0.3 is 5.32 Å². The van der Waals surface area contributed by atoms with Gasteiger partial charge in [-0.15, -0.1) is 0 Å². The second kappa shape index (κ2) is 6.29. The van der Waals surface area contributed by atoms with E-state index >= 15 is 0 Å². The number of para-hydroxylation sites is 1. The fourth-order valence-corrected chi connectivity index (χ4v) is 2.75. The lowest BCUT2D eigenvalue weighted by Crippen LogP contribution is -2.09. The van der Waals surface area contributed by atoms with Gasteiger partial charge in [-0.3, -0.25) is 0 Å². The Labute approximate surface area is 130 Å². The molecule has 19 heavy (non-hydrogen) atoms. The Morgan fingerprint density at radius 3 is 2.53 bits per heavy atom. The van der Waals surface area contributed by atoms with E-state index in [9.17, 15) is 5.26 Å². The van der Waals surface area contributed by atoms with Crippen molar-refractivity contribution in [3.05, 3.63) is 62.5 Å². The minimum absolute atomic E-state index is 0.508. The number of halogens is 3. The van der Waals surface area contributed by atoms with Crippen molar-refractivity contribution >= 4 is 44.8 Å². The molecule has 0 heterocycles. The number of benzene rings is 2. The summed E-state index contributed by atoms with van der Waals surface area (Å²) in [6, 6.07) is 14.3. The summed E-state index contributed by atoms with van der Waals surface area (Å²) in [7, 11) is 0. The molecule has 0 spiro atoms. The van der Waals surface area contributed by atoms with Crippen LogP contribution in [-0.4, -0.2) is 0 Å². The lowest BCUT2D eigenvalue weighted by atomic mass is 10.1. The molecular weight excluding hydrogens is 347 g/mol. The first kappa shape index (κ1) is 14.2. The van der Waals surface area contributed by atoms with E-state index in [4.69, 9.17) is 23.2 Å². The summed E-state index contributed by atoms with van der Waals surface area (Å²) >= 11 is 15.4. The molecule has 0 aliphatic rings. The molecular formula is C14H9BrCl2N2. The monoisotopic (exact) mass is 354 g/mol. The molecule has 0 saturated heterocycles. The molecule has 0 aliphatic carbocycles. The number of nitrogens with one attached hydrogen (secondary N) is 1.